The molecule has 0 spiro atoms. The highest BCUT2D eigenvalue weighted by atomic mass is 35.5. The largest absolute Gasteiger partial charge is 0.492 e. The van der Waals surface area contributed by atoms with Crippen LogP contribution in [0.2, 0.25) is 5.02 Å². The van der Waals surface area contributed by atoms with Crippen LogP contribution in [0.25, 0.3) is 0 Å². The Balaban J connectivity index is 0.00000320. The van der Waals surface area contributed by atoms with Gasteiger partial charge in [0.2, 0.25) is 10.0 Å². The molecule has 2 aromatic rings. The molecule has 0 bridgehead atoms. The van der Waals surface area contributed by atoms with Crippen molar-refractivity contribution in [2.24, 2.45) is 5.73 Å². The van der Waals surface area contributed by atoms with Crippen LogP contribution in [0, 0.1) is 0 Å². The van der Waals surface area contributed by atoms with Crippen LogP contribution < -0.4 is 15.2 Å². The van der Waals surface area contributed by atoms with E-state index in [0.717, 1.165) is 35.6 Å². The van der Waals surface area contributed by atoms with Crippen LogP contribution in [0.5, 0.6) is 5.75 Å². The lowest BCUT2D eigenvalue weighted by molar-refractivity contribution is 0.321. The van der Waals surface area contributed by atoms with Crippen molar-refractivity contribution in [3.63, 3.8) is 0 Å². The van der Waals surface area contributed by atoms with Crippen molar-refractivity contribution in [3.05, 3.63) is 64.2 Å². The van der Waals surface area contributed by atoms with Gasteiger partial charge in [-0.05, 0) is 60.6 Å². The number of ether oxygens (including phenoxy) is 1. The Kier molecular flexibility index (Phi) is 9.44. The van der Waals surface area contributed by atoms with Crippen molar-refractivity contribution in [3.8, 4) is 5.75 Å². The summed E-state index contributed by atoms with van der Waals surface area (Å²) < 4.78 is 31.8. The van der Waals surface area contributed by atoms with E-state index in [1.807, 2.05) is 37.3 Å². The Morgan fingerprint density at radius 3 is 2.73 bits per heavy atom. The Hall–Kier alpha value is -1.31. The van der Waals surface area contributed by atoms with Crippen molar-refractivity contribution in [2.75, 3.05) is 18.9 Å². The molecule has 30 heavy (non-hydrogen) atoms. The first-order valence-corrected chi connectivity index (χ1v) is 12.1. The van der Waals surface area contributed by atoms with Crippen LogP contribution in [0.3, 0.4) is 0 Å². The summed E-state index contributed by atoms with van der Waals surface area (Å²) in [5, 5.41) is 0.763. The summed E-state index contributed by atoms with van der Waals surface area (Å²) in [6.07, 6.45) is 3.27. The summed E-state index contributed by atoms with van der Waals surface area (Å²) in [5.41, 5.74) is 10.1. The third kappa shape index (κ3) is 6.59. The van der Waals surface area contributed by atoms with Crippen molar-refractivity contribution >= 4 is 34.0 Å². The molecule has 0 saturated carbocycles. The topological polar surface area (TPSA) is 81.4 Å². The van der Waals surface area contributed by atoms with Gasteiger partial charge in [-0.1, -0.05) is 42.8 Å². The summed E-state index contributed by atoms with van der Waals surface area (Å²) in [7, 11) is -3.21. The van der Waals surface area contributed by atoms with Crippen LogP contribution >= 0.6 is 24.0 Å². The first kappa shape index (κ1) is 25.0. The number of halogens is 2. The number of nitrogens with two attached hydrogens (primary N) is 1. The molecule has 2 unspecified atom stereocenters. The highest BCUT2D eigenvalue weighted by Gasteiger charge is 2.28. The Morgan fingerprint density at radius 2 is 2.00 bits per heavy atom. The summed E-state index contributed by atoms with van der Waals surface area (Å²) in [4.78, 5) is 0. The Labute approximate surface area is 190 Å². The van der Waals surface area contributed by atoms with Gasteiger partial charge in [0, 0.05) is 23.5 Å². The van der Waals surface area contributed by atoms with E-state index in [2.05, 4.69) is 16.9 Å². The maximum absolute atomic E-state index is 11.7. The van der Waals surface area contributed by atoms with Gasteiger partial charge in [-0.25, -0.2) is 13.1 Å². The summed E-state index contributed by atoms with van der Waals surface area (Å²) in [5.74, 6) is 1.04. The average molecular weight is 473 g/mol. The van der Waals surface area contributed by atoms with E-state index in [0.29, 0.717) is 6.42 Å². The second kappa shape index (κ2) is 11.3. The molecule has 8 heteroatoms. The van der Waals surface area contributed by atoms with Crippen LogP contribution in [0.1, 0.15) is 42.4 Å². The van der Waals surface area contributed by atoms with Gasteiger partial charge in [0.15, 0.2) is 0 Å². The van der Waals surface area contributed by atoms with Gasteiger partial charge >= 0.3 is 0 Å². The molecule has 3 N–H and O–H groups in total. The van der Waals surface area contributed by atoms with E-state index in [9.17, 15) is 8.42 Å². The average Bonchev–Trinajstić information content (AvgIpc) is 2.69. The number of rotatable bonds is 9. The number of fused-ring (bicyclic) bond motifs is 1. The first-order valence-electron chi connectivity index (χ1n) is 10.1. The fourth-order valence-corrected chi connectivity index (χ4v) is 5.15. The molecule has 0 amide bonds. The number of nitrogens with one attached hydrogen (secondary N) is 1. The van der Waals surface area contributed by atoms with E-state index in [-0.39, 0.29) is 43.3 Å². The molecule has 1 aliphatic rings. The number of sulfonamides is 1. The van der Waals surface area contributed by atoms with Crippen molar-refractivity contribution in [1.82, 2.24) is 4.72 Å². The molecule has 0 aromatic heterocycles. The molecule has 166 valence electrons. The van der Waals surface area contributed by atoms with E-state index in [1.54, 1.807) is 0 Å². The molecule has 2 aromatic carbocycles. The normalized spacial score (nSPS) is 18.4. The first-order chi connectivity index (χ1) is 13.9. The van der Waals surface area contributed by atoms with E-state index in [4.69, 9.17) is 22.1 Å². The minimum Gasteiger partial charge on any atom is -0.492 e. The van der Waals surface area contributed by atoms with Gasteiger partial charge in [-0.2, -0.15) is 0 Å². The molecular weight excluding hydrogens is 443 g/mol. The lowest BCUT2D eigenvalue weighted by atomic mass is 9.76. The van der Waals surface area contributed by atoms with Gasteiger partial charge < -0.3 is 10.5 Å². The molecule has 0 radical (unpaired) electrons. The smallest absolute Gasteiger partial charge is 0.211 e. The Bertz CT molecular complexity index is 938. The lowest BCUT2D eigenvalue weighted by Crippen LogP contribution is -2.34. The third-order valence-electron chi connectivity index (χ3n) is 5.34. The fraction of sp³-hybridized carbons (Fsp3) is 0.455. The fourth-order valence-electron chi connectivity index (χ4n) is 3.86. The maximum Gasteiger partial charge on any atom is 0.211 e. The highest BCUT2D eigenvalue weighted by Crippen LogP contribution is 2.36. The van der Waals surface area contributed by atoms with Crippen LogP contribution in [0.4, 0.5) is 0 Å². The van der Waals surface area contributed by atoms with Crippen molar-refractivity contribution < 1.29 is 13.2 Å². The minimum absolute atomic E-state index is 0. The highest BCUT2D eigenvalue weighted by molar-refractivity contribution is 7.89. The zero-order chi connectivity index (χ0) is 20.9. The molecule has 2 atom stereocenters. The maximum atomic E-state index is 11.7. The lowest BCUT2D eigenvalue weighted by Gasteiger charge is -2.32. The zero-order valence-corrected chi connectivity index (χ0v) is 19.5. The molecular formula is C22H30Cl2N2O3S. The van der Waals surface area contributed by atoms with Crippen LogP contribution in [-0.4, -0.2) is 33.4 Å². The standard InChI is InChI=1S/C22H29ClN2O3S.ClH/c1-2-13-29(26,27)25-11-12-28-18-9-7-16-8-10-22(24)20(19(16)15-18)14-17-5-3-4-6-21(17)23;/h3-7,9,15,20,22,25H,2,8,10-14,24H2,1H3;1H. The molecule has 0 heterocycles. The van der Waals surface area contributed by atoms with Gasteiger partial charge in [0.05, 0.1) is 5.75 Å². The zero-order valence-electron chi connectivity index (χ0n) is 17.1. The molecule has 0 fully saturated rings. The van der Waals surface area contributed by atoms with E-state index < -0.39 is 10.0 Å². The predicted octanol–water partition coefficient (Wildman–Crippen LogP) is 4.07. The quantitative estimate of drug-likeness (QED) is 0.538. The second-order valence-corrected chi connectivity index (χ2v) is 9.86. The molecule has 1 aliphatic carbocycles. The minimum atomic E-state index is -3.21. The molecule has 5 nitrogen and oxygen atoms in total. The van der Waals surface area contributed by atoms with Crippen LogP contribution in [0.15, 0.2) is 42.5 Å². The number of benzene rings is 2. The van der Waals surface area contributed by atoms with Gasteiger partial charge in [0.1, 0.15) is 12.4 Å². The number of aryl methyl sites for hydroxylation is 1. The van der Waals surface area contributed by atoms with E-state index >= 15 is 0 Å². The van der Waals surface area contributed by atoms with Crippen molar-refractivity contribution in [2.45, 2.75) is 44.6 Å². The number of hydrogen-bond donors (Lipinski definition) is 2. The predicted molar refractivity (Wildman–Crippen MR) is 125 cm³/mol. The molecule has 0 saturated heterocycles. The molecule has 3 rings (SSSR count). The van der Waals surface area contributed by atoms with Gasteiger partial charge in [0.25, 0.3) is 0 Å². The van der Waals surface area contributed by atoms with E-state index in [1.165, 1.54) is 11.1 Å². The van der Waals surface area contributed by atoms with Gasteiger partial charge in [-0.15, -0.1) is 12.4 Å². The number of hydrogen-bond acceptors (Lipinski definition) is 4. The monoisotopic (exact) mass is 472 g/mol. The SMILES string of the molecule is CCCS(=O)(=O)NCCOc1ccc2c(c1)C(Cc1ccccc1Cl)C(N)CC2.Cl. The third-order valence-corrected chi connectivity index (χ3v) is 7.30. The van der Waals surface area contributed by atoms with Crippen LogP contribution in [-0.2, 0) is 22.9 Å². The summed E-state index contributed by atoms with van der Waals surface area (Å²) in [6.45, 7) is 2.37. The summed E-state index contributed by atoms with van der Waals surface area (Å²) >= 11 is 6.37. The molecule has 0 aliphatic heterocycles. The second-order valence-electron chi connectivity index (χ2n) is 7.53. The summed E-state index contributed by atoms with van der Waals surface area (Å²) in [6, 6.07) is 14.0. The Morgan fingerprint density at radius 1 is 1.23 bits per heavy atom. The van der Waals surface area contributed by atoms with Gasteiger partial charge in [-0.3, -0.25) is 0 Å². The van der Waals surface area contributed by atoms with Crippen molar-refractivity contribution in [1.29, 1.82) is 0 Å².